The van der Waals surface area contributed by atoms with E-state index in [1.54, 1.807) is 28.8 Å². The number of para-hydroxylation sites is 1. The molecule has 19 heteroatoms. The van der Waals surface area contributed by atoms with Gasteiger partial charge in [0.05, 0.1) is 35.3 Å². The van der Waals surface area contributed by atoms with E-state index in [9.17, 15) is 24.6 Å². The van der Waals surface area contributed by atoms with Gasteiger partial charge in [0, 0.05) is 102 Å². The zero-order valence-electron chi connectivity index (χ0n) is 44.1. The molecule has 9 rings (SSSR count). The molecule has 2 fully saturated rings. The zero-order chi connectivity index (χ0) is 52.9. The van der Waals surface area contributed by atoms with E-state index in [4.69, 9.17) is 9.72 Å². The van der Waals surface area contributed by atoms with Gasteiger partial charge in [-0.25, -0.2) is 4.98 Å². The van der Waals surface area contributed by atoms with Gasteiger partial charge >= 0.3 is 0 Å². The van der Waals surface area contributed by atoms with Gasteiger partial charge in [0.1, 0.15) is 22.9 Å². The molecule has 4 aromatic carbocycles. The molecule has 5 heterocycles. The van der Waals surface area contributed by atoms with Crippen LogP contribution in [0.5, 0.6) is 17.2 Å². The molecule has 0 bridgehead atoms. The molecule has 394 valence electrons. The van der Waals surface area contributed by atoms with E-state index in [2.05, 4.69) is 60.4 Å². The Morgan fingerprint density at radius 3 is 2.24 bits per heavy atom. The number of nitrogens with zero attached hydrogens (tertiary/aromatic N) is 11. The van der Waals surface area contributed by atoms with E-state index >= 15 is 0 Å². The van der Waals surface area contributed by atoms with Crippen molar-refractivity contribution in [3.63, 3.8) is 0 Å². The smallest absolute Gasteiger partial charge is 0.289 e. The molecule has 19 nitrogen and oxygen atoms in total. The Morgan fingerprint density at radius 2 is 1.53 bits per heavy atom. The standard InChI is InChI=1S/C56H69N13O6/c1-8-65(9-2)26-23-57-53(72)52-62-61-50(43-32-42(36(4)5)47(70)33-48(43)71)69(52)39-17-15-37(16-18-39)35-66-27-29-68(30-28-66)54(73)38-21-24-67(25-22-38)40-19-20-44(49(31-40)75-10-3)59-56-58-34-46-51(60-56)63(6)45-14-12-11-13-41(45)55(74)64(46)7/h11-20,31-34,36,38,70-71H,8-10,21-30,35H2,1-7H3,(H,57,72)(H,58,59,60). The number of benzene rings is 4. The summed E-state index contributed by atoms with van der Waals surface area (Å²) in [6.45, 7) is 18.3. The number of hydrogen-bond acceptors (Lipinski definition) is 15. The van der Waals surface area contributed by atoms with Gasteiger partial charge in [-0.3, -0.25) is 23.9 Å². The van der Waals surface area contributed by atoms with Gasteiger partial charge in [0.25, 0.3) is 11.8 Å². The van der Waals surface area contributed by atoms with Crippen LogP contribution in [0.2, 0.25) is 0 Å². The molecule has 3 amide bonds. The number of carbonyl (C=O) groups excluding carboxylic acids is 3. The summed E-state index contributed by atoms with van der Waals surface area (Å²) in [4.78, 5) is 62.8. The first-order valence-electron chi connectivity index (χ1n) is 26.2. The van der Waals surface area contributed by atoms with E-state index in [-0.39, 0.29) is 52.7 Å². The minimum atomic E-state index is -0.384. The minimum absolute atomic E-state index is 0.0152. The van der Waals surface area contributed by atoms with Crippen molar-refractivity contribution in [3.8, 4) is 34.3 Å². The van der Waals surface area contributed by atoms with Gasteiger partial charge in [-0.1, -0.05) is 52.0 Å². The first kappa shape index (κ1) is 52.1. The van der Waals surface area contributed by atoms with Crippen LogP contribution in [-0.4, -0.2) is 154 Å². The number of ether oxygens (including phenoxy) is 1. The van der Waals surface area contributed by atoms with Crippen LogP contribution in [0.1, 0.15) is 85.5 Å². The number of phenols is 2. The van der Waals surface area contributed by atoms with Gasteiger partial charge in [-0.2, -0.15) is 4.98 Å². The number of fused-ring (bicyclic) bond motifs is 2. The van der Waals surface area contributed by atoms with E-state index < -0.39 is 0 Å². The molecule has 2 aromatic heterocycles. The highest BCUT2D eigenvalue weighted by atomic mass is 16.5. The summed E-state index contributed by atoms with van der Waals surface area (Å²) in [6, 6.07) is 24.5. The summed E-state index contributed by atoms with van der Waals surface area (Å²) in [5.41, 5.74) is 6.41. The van der Waals surface area contributed by atoms with Gasteiger partial charge in [0.2, 0.25) is 17.7 Å². The topological polar surface area (TPSA) is 201 Å². The van der Waals surface area contributed by atoms with Crippen molar-refractivity contribution in [2.75, 3.05) is 106 Å². The normalized spacial score (nSPS) is 15.3. The average Bonchev–Trinajstić information content (AvgIpc) is 3.84. The predicted molar refractivity (Wildman–Crippen MR) is 291 cm³/mol. The molecule has 0 atom stereocenters. The van der Waals surface area contributed by atoms with E-state index in [0.29, 0.717) is 90.6 Å². The maximum Gasteiger partial charge on any atom is 0.289 e. The lowest BCUT2D eigenvalue weighted by Gasteiger charge is -2.39. The predicted octanol–water partition coefficient (Wildman–Crippen LogP) is 7.39. The lowest BCUT2D eigenvalue weighted by atomic mass is 9.94. The molecule has 6 aromatic rings. The summed E-state index contributed by atoms with van der Waals surface area (Å²) in [6.07, 6.45) is 3.17. The Bertz CT molecular complexity index is 3020. The number of carbonyl (C=O) groups is 3. The zero-order valence-corrected chi connectivity index (χ0v) is 44.1. The highest BCUT2D eigenvalue weighted by molar-refractivity contribution is 6.13. The van der Waals surface area contributed by atoms with Crippen molar-refractivity contribution in [1.82, 2.24) is 44.7 Å². The average molecular weight is 1020 g/mol. The van der Waals surface area contributed by atoms with Crippen LogP contribution in [0.4, 0.5) is 34.5 Å². The van der Waals surface area contributed by atoms with Gasteiger partial charge in [-0.15, -0.1) is 10.2 Å². The quantitative estimate of drug-likeness (QED) is 0.0704. The summed E-state index contributed by atoms with van der Waals surface area (Å²) < 4.78 is 7.80. The number of rotatable bonds is 17. The number of piperazine rings is 1. The number of anilines is 6. The molecule has 2 saturated heterocycles. The molecule has 0 radical (unpaired) electrons. The minimum Gasteiger partial charge on any atom is -0.508 e. The summed E-state index contributed by atoms with van der Waals surface area (Å²) >= 11 is 0. The molecule has 0 aliphatic carbocycles. The van der Waals surface area contributed by atoms with Crippen molar-refractivity contribution >= 4 is 52.2 Å². The van der Waals surface area contributed by atoms with Crippen molar-refractivity contribution in [2.24, 2.45) is 5.92 Å². The number of phenolic OH excluding ortho intramolecular Hbond substituents is 2. The third-order valence-corrected chi connectivity index (χ3v) is 14.7. The molecule has 0 spiro atoms. The van der Waals surface area contributed by atoms with Crippen LogP contribution < -0.4 is 30.1 Å². The Morgan fingerprint density at radius 1 is 0.813 bits per heavy atom. The molecule has 75 heavy (non-hydrogen) atoms. The number of hydrogen-bond donors (Lipinski definition) is 4. The van der Waals surface area contributed by atoms with Gasteiger partial charge < -0.3 is 50.1 Å². The van der Waals surface area contributed by atoms with Crippen LogP contribution in [0.15, 0.2) is 85.1 Å². The van der Waals surface area contributed by atoms with Crippen molar-refractivity contribution < 1.29 is 29.3 Å². The number of amides is 3. The van der Waals surface area contributed by atoms with E-state index in [1.807, 2.05) is 98.3 Å². The second-order valence-corrected chi connectivity index (χ2v) is 19.7. The lowest BCUT2D eigenvalue weighted by Crippen LogP contribution is -2.51. The van der Waals surface area contributed by atoms with Crippen LogP contribution in [0.3, 0.4) is 0 Å². The van der Waals surface area contributed by atoms with E-state index in [0.717, 1.165) is 69.0 Å². The summed E-state index contributed by atoms with van der Waals surface area (Å²) in [7, 11) is 3.63. The number of aromatic hydroxyl groups is 2. The second kappa shape index (κ2) is 22.8. The second-order valence-electron chi connectivity index (χ2n) is 19.7. The van der Waals surface area contributed by atoms with Crippen molar-refractivity contribution in [2.45, 2.75) is 59.9 Å². The fourth-order valence-corrected chi connectivity index (χ4v) is 10.3. The monoisotopic (exact) mass is 1020 g/mol. The van der Waals surface area contributed by atoms with Crippen LogP contribution in [-0.2, 0) is 11.3 Å². The van der Waals surface area contributed by atoms with E-state index in [1.165, 1.54) is 6.07 Å². The van der Waals surface area contributed by atoms with Gasteiger partial charge in [0.15, 0.2) is 11.6 Å². The first-order valence-corrected chi connectivity index (χ1v) is 26.2. The largest absolute Gasteiger partial charge is 0.508 e. The SMILES string of the molecule is CCOc1cc(N2CCC(C(=O)N3CCN(Cc4ccc(-n5c(C(=O)NCCN(CC)CC)nnc5-c5cc(C(C)C)c(O)cc5O)cc4)CC3)CC2)ccc1Nc1ncc2c(n1)N(C)c1ccccc1C(=O)N2C. The number of likely N-dealkylation sites (N-methyl/N-ethyl adjacent to an activating group) is 1. The maximum absolute atomic E-state index is 14.0. The molecule has 0 unspecified atom stereocenters. The number of piperidine rings is 1. The first-order chi connectivity index (χ1) is 36.3. The Hall–Kier alpha value is -7.77. The highest BCUT2D eigenvalue weighted by Crippen LogP contribution is 2.41. The molecular weight excluding hydrogens is 951 g/mol. The lowest BCUT2D eigenvalue weighted by molar-refractivity contribution is -0.138. The van der Waals surface area contributed by atoms with Crippen LogP contribution in [0, 0.1) is 5.92 Å². The van der Waals surface area contributed by atoms with Crippen LogP contribution >= 0.6 is 0 Å². The van der Waals surface area contributed by atoms with Crippen molar-refractivity contribution in [3.05, 3.63) is 108 Å². The number of aromatic nitrogens is 5. The maximum atomic E-state index is 14.0. The number of nitrogens with one attached hydrogen (secondary N) is 2. The third kappa shape index (κ3) is 11.1. The molecule has 3 aliphatic heterocycles. The molecule has 3 aliphatic rings. The highest BCUT2D eigenvalue weighted by Gasteiger charge is 2.33. The Labute approximate surface area is 438 Å². The van der Waals surface area contributed by atoms with Gasteiger partial charge in [-0.05, 0) is 92.4 Å². The summed E-state index contributed by atoms with van der Waals surface area (Å²) in [5.74, 6) is 1.45. The molecular formula is C56H69N13O6. The Balaban J connectivity index is 0.804. The summed E-state index contributed by atoms with van der Waals surface area (Å²) in [5, 5.41) is 36.8. The Kier molecular flexibility index (Phi) is 15.8. The molecule has 0 saturated carbocycles. The fourth-order valence-electron chi connectivity index (χ4n) is 10.3. The molecule has 4 N–H and O–H groups in total. The van der Waals surface area contributed by atoms with Crippen LogP contribution in [0.25, 0.3) is 17.1 Å². The van der Waals surface area contributed by atoms with Crippen molar-refractivity contribution in [1.29, 1.82) is 0 Å². The third-order valence-electron chi connectivity index (χ3n) is 14.7. The fraction of sp³-hybridized carbons (Fsp3) is 0.411.